The third-order valence-corrected chi connectivity index (χ3v) is 3.68. The Labute approximate surface area is 115 Å². The Kier molecular flexibility index (Phi) is 4.02. The van der Waals surface area contributed by atoms with Gasteiger partial charge in [0, 0.05) is 23.8 Å². The Morgan fingerprint density at radius 3 is 2.22 bits per heavy atom. The van der Waals surface area contributed by atoms with E-state index in [9.17, 15) is 4.39 Å². The van der Waals surface area contributed by atoms with Crippen LogP contribution in [0, 0.1) is 12.7 Å². The van der Waals surface area contributed by atoms with Crippen molar-refractivity contribution in [2.24, 2.45) is 0 Å². The topological polar surface area (TPSA) is 3.24 Å². The molecule has 0 atom stereocenters. The summed E-state index contributed by atoms with van der Waals surface area (Å²) in [7, 11) is 1.98. The molecule has 0 radical (unpaired) electrons. The average Bonchev–Trinajstić information content (AvgIpc) is 2.38. The van der Waals surface area contributed by atoms with Crippen LogP contribution < -0.4 is 4.90 Å². The van der Waals surface area contributed by atoms with E-state index in [1.54, 1.807) is 12.1 Å². The highest BCUT2D eigenvalue weighted by molar-refractivity contribution is 9.08. The van der Waals surface area contributed by atoms with E-state index < -0.39 is 0 Å². The molecule has 3 heteroatoms. The maximum atomic E-state index is 12.9. The molecule has 0 unspecified atom stereocenters. The van der Waals surface area contributed by atoms with E-state index in [4.69, 9.17) is 0 Å². The van der Waals surface area contributed by atoms with Gasteiger partial charge in [-0.1, -0.05) is 22.0 Å². The number of hydrogen-bond acceptors (Lipinski definition) is 1. The van der Waals surface area contributed by atoms with Gasteiger partial charge in [0.2, 0.25) is 0 Å². The molecule has 0 bridgehead atoms. The summed E-state index contributed by atoms with van der Waals surface area (Å²) in [5, 5.41) is 0.860. The molecule has 0 aliphatic rings. The zero-order chi connectivity index (χ0) is 13.1. The predicted octanol–water partition coefficient (Wildman–Crippen LogP) is 4.80. The number of benzene rings is 2. The summed E-state index contributed by atoms with van der Waals surface area (Å²) in [5.74, 6) is -0.210. The van der Waals surface area contributed by atoms with Gasteiger partial charge in [-0.15, -0.1) is 0 Å². The van der Waals surface area contributed by atoms with E-state index in [2.05, 4.69) is 41.1 Å². The molecule has 2 aromatic rings. The molecular formula is C15H15BrFN. The zero-order valence-electron chi connectivity index (χ0n) is 10.5. The molecule has 0 spiro atoms. The van der Waals surface area contributed by atoms with Gasteiger partial charge >= 0.3 is 0 Å². The fraction of sp³-hybridized carbons (Fsp3) is 0.200. The van der Waals surface area contributed by atoms with E-state index in [1.807, 2.05) is 11.9 Å². The van der Waals surface area contributed by atoms with Gasteiger partial charge in [0.25, 0.3) is 0 Å². The maximum Gasteiger partial charge on any atom is 0.123 e. The highest BCUT2D eigenvalue weighted by Crippen LogP contribution is 2.26. The largest absolute Gasteiger partial charge is 0.345 e. The van der Waals surface area contributed by atoms with Gasteiger partial charge in [0.1, 0.15) is 5.82 Å². The number of aryl methyl sites for hydroxylation is 1. The lowest BCUT2D eigenvalue weighted by Crippen LogP contribution is -2.09. The summed E-state index contributed by atoms with van der Waals surface area (Å²) in [4.78, 5) is 2.05. The fourth-order valence-electron chi connectivity index (χ4n) is 1.85. The van der Waals surface area contributed by atoms with Crippen molar-refractivity contribution in [2.45, 2.75) is 12.3 Å². The third-order valence-electron chi connectivity index (χ3n) is 3.07. The van der Waals surface area contributed by atoms with Crippen molar-refractivity contribution in [3.05, 3.63) is 59.4 Å². The molecular weight excluding hydrogens is 293 g/mol. The monoisotopic (exact) mass is 307 g/mol. The van der Waals surface area contributed by atoms with E-state index in [0.717, 1.165) is 16.7 Å². The van der Waals surface area contributed by atoms with Gasteiger partial charge in [0.05, 0.1) is 0 Å². The first-order chi connectivity index (χ1) is 8.61. The van der Waals surface area contributed by atoms with Crippen molar-refractivity contribution in [1.82, 2.24) is 0 Å². The van der Waals surface area contributed by atoms with Crippen LogP contribution in [0.25, 0.3) is 0 Å². The highest BCUT2D eigenvalue weighted by Gasteiger charge is 2.06. The molecule has 0 aromatic heterocycles. The predicted molar refractivity (Wildman–Crippen MR) is 78.3 cm³/mol. The molecule has 1 nitrogen and oxygen atoms in total. The van der Waals surface area contributed by atoms with E-state index in [-0.39, 0.29) is 5.82 Å². The minimum Gasteiger partial charge on any atom is -0.345 e. The number of rotatable bonds is 3. The molecule has 0 saturated carbocycles. The Hall–Kier alpha value is -1.35. The van der Waals surface area contributed by atoms with Crippen LogP contribution in [-0.4, -0.2) is 7.05 Å². The molecule has 0 saturated heterocycles. The summed E-state index contributed by atoms with van der Waals surface area (Å²) in [5.41, 5.74) is 4.61. The molecule has 0 amide bonds. The van der Waals surface area contributed by atoms with Crippen LogP contribution >= 0.6 is 15.9 Å². The quantitative estimate of drug-likeness (QED) is 0.736. The molecule has 0 N–H and O–H groups in total. The van der Waals surface area contributed by atoms with Crippen LogP contribution in [0.1, 0.15) is 11.1 Å². The molecule has 2 aromatic carbocycles. The Morgan fingerprint density at radius 2 is 1.67 bits per heavy atom. The van der Waals surface area contributed by atoms with Crippen LogP contribution in [0.2, 0.25) is 0 Å². The van der Waals surface area contributed by atoms with Crippen molar-refractivity contribution in [1.29, 1.82) is 0 Å². The second-order valence-electron chi connectivity index (χ2n) is 4.28. The van der Waals surface area contributed by atoms with Crippen molar-refractivity contribution < 1.29 is 4.39 Å². The third kappa shape index (κ3) is 2.72. The van der Waals surface area contributed by atoms with Crippen molar-refractivity contribution in [2.75, 3.05) is 11.9 Å². The molecule has 0 heterocycles. The second kappa shape index (κ2) is 5.53. The van der Waals surface area contributed by atoms with Crippen molar-refractivity contribution >= 4 is 27.3 Å². The minimum atomic E-state index is -0.210. The zero-order valence-corrected chi connectivity index (χ0v) is 12.0. The van der Waals surface area contributed by atoms with Crippen LogP contribution in [0.3, 0.4) is 0 Å². The maximum absolute atomic E-state index is 12.9. The summed E-state index contributed by atoms with van der Waals surface area (Å²) in [6, 6.07) is 12.8. The van der Waals surface area contributed by atoms with Gasteiger partial charge in [-0.25, -0.2) is 4.39 Å². The van der Waals surface area contributed by atoms with Gasteiger partial charge in [-0.05, 0) is 54.4 Å². The Bertz CT molecular complexity index is 537. The molecule has 0 aliphatic heterocycles. The smallest absolute Gasteiger partial charge is 0.123 e. The normalized spacial score (nSPS) is 10.4. The summed E-state index contributed by atoms with van der Waals surface area (Å²) in [6.07, 6.45) is 0. The first-order valence-electron chi connectivity index (χ1n) is 5.76. The first kappa shape index (κ1) is 13.1. The number of alkyl halides is 1. The molecule has 18 heavy (non-hydrogen) atoms. The molecule has 2 rings (SSSR count). The SMILES string of the molecule is Cc1cc(N(C)c2ccc(F)cc2)ccc1CBr. The minimum absolute atomic E-state index is 0.210. The summed E-state index contributed by atoms with van der Waals surface area (Å²) < 4.78 is 12.9. The van der Waals surface area contributed by atoms with Crippen LogP contribution in [0.5, 0.6) is 0 Å². The highest BCUT2D eigenvalue weighted by atomic mass is 79.9. The van der Waals surface area contributed by atoms with E-state index >= 15 is 0 Å². The van der Waals surface area contributed by atoms with Crippen molar-refractivity contribution in [3.8, 4) is 0 Å². The number of nitrogens with zero attached hydrogens (tertiary/aromatic N) is 1. The fourth-order valence-corrected chi connectivity index (χ4v) is 2.48. The van der Waals surface area contributed by atoms with Crippen LogP contribution in [-0.2, 0) is 5.33 Å². The van der Waals surface area contributed by atoms with Gasteiger partial charge in [0.15, 0.2) is 0 Å². The average molecular weight is 308 g/mol. The standard InChI is InChI=1S/C15H15BrFN/c1-11-9-15(6-3-12(11)10-16)18(2)14-7-4-13(17)5-8-14/h3-9H,10H2,1-2H3. The van der Waals surface area contributed by atoms with Crippen LogP contribution in [0.4, 0.5) is 15.8 Å². The Balaban J connectivity index is 2.31. The van der Waals surface area contributed by atoms with E-state index in [1.165, 1.54) is 23.3 Å². The molecule has 0 aliphatic carbocycles. The molecule has 94 valence electrons. The van der Waals surface area contributed by atoms with Crippen molar-refractivity contribution in [3.63, 3.8) is 0 Å². The van der Waals surface area contributed by atoms with Gasteiger partial charge in [-0.2, -0.15) is 0 Å². The first-order valence-corrected chi connectivity index (χ1v) is 6.89. The second-order valence-corrected chi connectivity index (χ2v) is 4.84. The summed E-state index contributed by atoms with van der Waals surface area (Å²) >= 11 is 3.47. The molecule has 0 fully saturated rings. The number of anilines is 2. The lowest BCUT2D eigenvalue weighted by Gasteiger charge is -2.20. The van der Waals surface area contributed by atoms with Gasteiger partial charge in [-0.3, -0.25) is 0 Å². The van der Waals surface area contributed by atoms with Gasteiger partial charge < -0.3 is 4.90 Å². The summed E-state index contributed by atoms with van der Waals surface area (Å²) in [6.45, 7) is 2.10. The lowest BCUT2D eigenvalue weighted by molar-refractivity contribution is 0.628. The number of hydrogen-bond donors (Lipinski definition) is 0. The van der Waals surface area contributed by atoms with E-state index in [0.29, 0.717) is 0 Å². The number of halogens is 2. The lowest BCUT2D eigenvalue weighted by atomic mass is 10.1. The Morgan fingerprint density at radius 1 is 1.06 bits per heavy atom. The van der Waals surface area contributed by atoms with Crippen LogP contribution in [0.15, 0.2) is 42.5 Å².